The van der Waals surface area contributed by atoms with Gasteiger partial charge in [-0.3, -0.25) is 4.72 Å². The molecule has 0 fully saturated rings. The Morgan fingerprint density at radius 1 is 1.35 bits per heavy atom. The van der Waals surface area contributed by atoms with Crippen molar-refractivity contribution in [3.05, 3.63) is 41.7 Å². The molecular weight excluding hydrogens is 280 g/mol. The van der Waals surface area contributed by atoms with Gasteiger partial charge >= 0.3 is 0 Å². The molecule has 0 unspecified atom stereocenters. The molecule has 0 saturated carbocycles. The van der Waals surface area contributed by atoms with Gasteiger partial charge in [0.05, 0.1) is 13.7 Å². The molecule has 2 rings (SSSR count). The van der Waals surface area contributed by atoms with E-state index in [9.17, 15) is 8.42 Å². The van der Waals surface area contributed by atoms with Crippen LogP contribution in [0.15, 0.2) is 35.4 Å². The van der Waals surface area contributed by atoms with Gasteiger partial charge in [0.1, 0.15) is 10.6 Å². The highest BCUT2D eigenvalue weighted by Gasteiger charge is 2.16. The number of benzene rings is 1. The van der Waals surface area contributed by atoms with E-state index in [1.807, 2.05) is 6.92 Å². The fraction of sp³-hybridized carbons (Fsp3) is 0.231. The number of aliphatic hydroxyl groups is 1. The van der Waals surface area contributed by atoms with Crippen LogP contribution in [0, 0.1) is 6.92 Å². The van der Waals surface area contributed by atoms with Crippen molar-refractivity contribution >= 4 is 15.7 Å². The number of aromatic amines is 1. The van der Waals surface area contributed by atoms with Crippen molar-refractivity contribution < 1.29 is 18.3 Å². The average molecular weight is 296 g/mol. The summed E-state index contributed by atoms with van der Waals surface area (Å²) in [6, 6.07) is 6.40. The Labute approximate surface area is 117 Å². The maximum atomic E-state index is 12.2. The van der Waals surface area contributed by atoms with Crippen molar-refractivity contribution in [2.24, 2.45) is 0 Å². The van der Waals surface area contributed by atoms with Crippen LogP contribution in [0.2, 0.25) is 0 Å². The van der Waals surface area contributed by atoms with Crippen molar-refractivity contribution in [3.8, 4) is 5.75 Å². The maximum Gasteiger partial charge on any atom is 0.263 e. The van der Waals surface area contributed by atoms with E-state index in [4.69, 9.17) is 9.84 Å². The molecule has 0 atom stereocenters. The van der Waals surface area contributed by atoms with Gasteiger partial charge < -0.3 is 14.8 Å². The second-order valence-electron chi connectivity index (χ2n) is 4.31. The Kier molecular flexibility index (Phi) is 4.01. The summed E-state index contributed by atoms with van der Waals surface area (Å²) < 4.78 is 31.9. The zero-order chi connectivity index (χ0) is 14.8. The van der Waals surface area contributed by atoms with Gasteiger partial charge in [-0.05, 0) is 36.8 Å². The lowest BCUT2D eigenvalue weighted by molar-refractivity contribution is 0.277. The number of anilines is 1. The van der Waals surface area contributed by atoms with Crippen LogP contribution in [-0.4, -0.2) is 25.6 Å². The van der Waals surface area contributed by atoms with E-state index < -0.39 is 10.0 Å². The van der Waals surface area contributed by atoms with Crippen LogP contribution in [0.3, 0.4) is 0 Å². The number of aryl methyl sites for hydroxylation is 1. The van der Waals surface area contributed by atoms with E-state index >= 15 is 0 Å². The number of hydrogen-bond acceptors (Lipinski definition) is 4. The van der Waals surface area contributed by atoms with E-state index in [-0.39, 0.29) is 11.5 Å². The van der Waals surface area contributed by atoms with Gasteiger partial charge in [-0.15, -0.1) is 0 Å². The third-order valence-corrected chi connectivity index (χ3v) is 4.20. The summed E-state index contributed by atoms with van der Waals surface area (Å²) in [5, 5.41) is 8.94. The summed E-state index contributed by atoms with van der Waals surface area (Å²) in [6.45, 7) is 1.59. The third kappa shape index (κ3) is 2.94. The van der Waals surface area contributed by atoms with Gasteiger partial charge in [0.2, 0.25) is 0 Å². The monoisotopic (exact) mass is 296 g/mol. The van der Waals surface area contributed by atoms with E-state index in [0.29, 0.717) is 17.1 Å². The Hall–Kier alpha value is -1.99. The van der Waals surface area contributed by atoms with Crippen LogP contribution in [-0.2, 0) is 16.6 Å². The molecule has 0 radical (unpaired) electrons. The number of sulfonamides is 1. The molecule has 0 saturated heterocycles. The number of aliphatic hydroxyl groups excluding tert-OH is 1. The number of ether oxygens (including phenoxy) is 1. The van der Waals surface area contributed by atoms with Crippen molar-refractivity contribution in [1.82, 2.24) is 4.98 Å². The summed E-state index contributed by atoms with van der Waals surface area (Å²) in [4.78, 5) is 2.77. The molecule has 0 amide bonds. The van der Waals surface area contributed by atoms with Gasteiger partial charge in [-0.25, -0.2) is 8.42 Å². The van der Waals surface area contributed by atoms with Gasteiger partial charge in [-0.1, -0.05) is 0 Å². The lowest BCUT2D eigenvalue weighted by Crippen LogP contribution is -2.12. The van der Waals surface area contributed by atoms with Crippen molar-refractivity contribution in [3.63, 3.8) is 0 Å². The summed E-state index contributed by atoms with van der Waals surface area (Å²) in [6.07, 6.45) is 1.34. The highest BCUT2D eigenvalue weighted by molar-refractivity contribution is 7.92. The van der Waals surface area contributed by atoms with Crippen LogP contribution in [0.4, 0.5) is 5.69 Å². The molecule has 1 heterocycles. The quantitative estimate of drug-likeness (QED) is 0.782. The zero-order valence-electron chi connectivity index (χ0n) is 11.2. The predicted molar refractivity (Wildman–Crippen MR) is 75.3 cm³/mol. The van der Waals surface area contributed by atoms with E-state index in [1.165, 1.54) is 12.3 Å². The second-order valence-corrected chi connectivity index (χ2v) is 5.99. The third-order valence-electron chi connectivity index (χ3n) is 2.84. The Morgan fingerprint density at radius 2 is 2.10 bits per heavy atom. The first-order chi connectivity index (χ1) is 9.46. The first-order valence-electron chi connectivity index (χ1n) is 5.92. The topological polar surface area (TPSA) is 91.4 Å². The lowest BCUT2D eigenvalue weighted by atomic mass is 10.2. The van der Waals surface area contributed by atoms with Crippen molar-refractivity contribution in [2.45, 2.75) is 18.4 Å². The maximum absolute atomic E-state index is 12.2. The minimum absolute atomic E-state index is 0.0787. The fourth-order valence-electron chi connectivity index (χ4n) is 1.82. The molecule has 1 aromatic carbocycles. The van der Waals surface area contributed by atoms with Crippen LogP contribution in [0.25, 0.3) is 0 Å². The lowest BCUT2D eigenvalue weighted by Gasteiger charge is -2.09. The van der Waals surface area contributed by atoms with Crippen molar-refractivity contribution in [1.29, 1.82) is 0 Å². The smallest absolute Gasteiger partial charge is 0.263 e. The zero-order valence-corrected chi connectivity index (χ0v) is 12.0. The standard InChI is InChI=1S/C13H16N2O4S/c1-9-5-10(3-4-13(9)19-2)15-20(17,18)12-6-11(8-16)14-7-12/h3-7,14-16H,8H2,1-2H3. The number of H-pyrrole nitrogens is 1. The molecule has 2 aromatic rings. The molecular formula is C13H16N2O4S. The second kappa shape index (κ2) is 5.56. The summed E-state index contributed by atoms with van der Waals surface area (Å²) in [5.41, 5.74) is 1.73. The van der Waals surface area contributed by atoms with E-state index in [2.05, 4.69) is 9.71 Å². The van der Waals surface area contributed by atoms with Gasteiger partial charge in [0, 0.05) is 17.6 Å². The molecule has 7 heteroatoms. The number of methoxy groups -OCH3 is 1. The highest BCUT2D eigenvalue weighted by Crippen LogP contribution is 2.23. The minimum atomic E-state index is -3.67. The molecule has 6 nitrogen and oxygen atoms in total. The number of hydrogen-bond donors (Lipinski definition) is 3. The van der Waals surface area contributed by atoms with E-state index in [0.717, 1.165) is 5.56 Å². The van der Waals surface area contributed by atoms with Crippen molar-refractivity contribution in [2.75, 3.05) is 11.8 Å². The number of aromatic nitrogens is 1. The van der Waals surface area contributed by atoms with Crippen LogP contribution in [0.1, 0.15) is 11.3 Å². The van der Waals surface area contributed by atoms with Crippen LogP contribution in [0.5, 0.6) is 5.75 Å². The van der Waals surface area contributed by atoms with Crippen LogP contribution < -0.4 is 9.46 Å². The number of rotatable bonds is 5. The van der Waals surface area contributed by atoms with Gasteiger partial charge in [-0.2, -0.15) is 0 Å². The predicted octanol–water partition coefficient (Wildman–Crippen LogP) is 1.62. The highest BCUT2D eigenvalue weighted by atomic mass is 32.2. The molecule has 0 aliphatic carbocycles. The minimum Gasteiger partial charge on any atom is -0.496 e. The molecule has 1 aromatic heterocycles. The van der Waals surface area contributed by atoms with Gasteiger partial charge in [0.25, 0.3) is 10.0 Å². The number of nitrogens with one attached hydrogen (secondary N) is 2. The molecule has 3 N–H and O–H groups in total. The summed E-state index contributed by atoms with van der Waals surface area (Å²) in [5.74, 6) is 0.692. The Morgan fingerprint density at radius 3 is 2.65 bits per heavy atom. The fourth-order valence-corrected chi connectivity index (χ4v) is 2.89. The molecule has 0 aliphatic heterocycles. The SMILES string of the molecule is COc1ccc(NS(=O)(=O)c2c[nH]c(CO)c2)cc1C. The molecule has 0 aliphatic rings. The molecule has 0 bridgehead atoms. The Bertz CT molecular complexity index is 707. The average Bonchev–Trinajstić information content (AvgIpc) is 2.88. The molecule has 0 spiro atoms. The Balaban J connectivity index is 2.26. The van der Waals surface area contributed by atoms with Gasteiger partial charge in [0.15, 0.2) is 0 Å². The van der Waals surface area contributed by atoms with Crippen LogP contribution >= 0.6 is 0 Å². The molecule has 20 heavy (non-hydrogen) atoms. The van der Waals surface area contributed by atoms with E-state index in [1.54, 1.807) is 25.3 Å². The normalized spacial score (nSPS) is 11.3. The first kappa shape index (κ1) is 14.4. The first-order valence-corrected chi connectivity index (χ1v) is 7.40. The molecule has 108 valence electrons. The largest absolute Gasteiger partial charge is 0.496 e. The summed E-state index contributed by atoms with van der Waals surface area (Å²) >= 11 is 0. The summed E-state index contributed by atoms with van der Waals surface area (Å²) in [7, 11) is -2.11.